The van der Waals surface area contributed by atoms with Crippen LogP contribution in [0.4, 0.5) is 5.82 Å². The van der Waals surface area contributed by atoms with Crippen LogP contribution in [0.2, 0.25) is 0 Å². The highest BCUT2D eigenvalue weighted by molar-refractivity contribution is 7.19. The van der Waals surface area contributed by atoms with Crippen LogP contribution in [-0.4, -0.2) is 27.1 Å². The fourth-order valence-corrected chi connectivity index (χ4v) is 5.27. The molecule has 4 rings (SSSR count). The Kier molecular flexibility index (Phi) is 3.93. The molecule has 5 nitrogen and oxygen atoms in total. The highest BCUT2D eigenvalue weighted by Gasteiger charge is 2.31. The molecule has 122 valence electrons. The number of aryl methyl sites for hydroxylation is 1. The second-order valence-electron chi connectivity index (χ2n) is 6.65. The smallest absolute Gasteiger partial charge is 0.303 e. The molecule has 2 heterocycles. The third-order valence-corrected chi connectivity index (χ3v) is 6.27. The van der Waals surface area contributed by atoms with E-state index in [1.807, 2.05) is 0 Å². The number of aromatic nitrogens is 2. The van der Waals surface area contributed by atoms with Crippen LogP contribution < -0.4 is 5.32 Å². The van der Waals surface area contributed by atoms with Gasteiger partial charge in [0.05, 0.1) is 11.8 Å². The zero-order chi connectivity index (χ0) is 15.8. The zero-order valence-electron chi connectivity index (χ0n) is 13.0. The monoisotopic (exact) mass is 331 g/mol. The summed E-state index contributed by atoms with van der Waals surface area (Å²) in [4.78, 5) is 22.4. The van der Waals surface area contributed by atoms with Crippen LogP contribution in [0.5, 0.6) is 0 Å². The first-order chi connectivity index (χ1) is 11.2. The van der Waals surface area contributed by atoms with Gasteiger partial charge >= 0.3 is 5.97 Å². The standard InChI is InChI=1S/C17H21N3O2S/c21-13(22)8-10-6-7-12-14(10)15-16(18-9-19-17(15)23-12)20-11-4-2-1-3-5-11/h9-11H,1-8H2,(H,21,22)(H,18,19,20). The Bertz CT molecular complexity index is 737. The zero-order valence-corrected chi connectivity index (χ0v) is 13.9. The third-order valence-electron chi connectivity index (χ3n) is 5.10. The first-order valence-electron chi connectivity index (χ1n) is 8.47. The number of carbonyl (C=O) groups is 1. The maximum atomic E-state index is 11.2. The lowest BCUT2D eigenvalue weighted by atomic mass is 9.94. The summed E-state index contributed by atoms with van der Waals surface area (Å²) in [6.07, 6.45) is 9.99. The molecule has 0 aliphatic heterocycles. The van der Waals surface area contributed by atoms with Gasteiger partial charge in [-0.3, -0.25) is 4.79 Å². The molecule has 0 amide bonds. The molecule has 1 unspecified atom stereocenters. The number of fused-ring (bicyclic) bond motifs is 3. The van der Waals surface area contributed by atoms with Gasteiger partial charge in [0.2, 0.25) is 0 Å². The van der Waals surface area contributed by atoms with Gasteiger partial charge in [0.15, 0.2) is 0 Å². The van der Waals surface area contributed by atoms with E-state index in [2.05, 4.69) is 15.3 Å². The number of nitrogens with zero attached hydrogens (tertiary/aromatic N) is 2. The number of aliphatic carboxylic acids is 1. The Morgan fingerprint density at radius 1 is 1.26 bits per heavy atom. The van der Waals surface area contributed by atoms with Crippen molar-refractivity contribution in [3.8, 4) is 0 Å². The van der Waals surface area contributed by atoms with Gasteiger partial charge in [-0.25, -0.2) is 9.97 Å². The molecule has 1 fully saturated rings. The van der Waals surface area contributed by atoms with E-state index in [1.165, 1.54) is 42.5 Å². The average Bonchev–Trinajstić information content (AvgIpc) is 3.08. The van der Waals surface area contributed by atoms with Crippen molar-refractivity contribution in [1.29, 1.82) is 0 Å². The lowest BCUT2D eigenvalue weighted by Crippen LogP contribution is -2.23. The van der Waals surface area contributed by atoms with Crippen molar-refractivity contribution in [2.75, 3.05) is 5.32 Å². The summed E-state index contributed by atoms with van der Waals surface area (Å²) in [6, 6.07) is 0.483. The number of anilines is 1. The van der Waals surface area contributed by atoms with Crippen molar-refractivity contribution in [2.45, 2.75) is 63.3 Å². The van der Waals surface area contributed by atoms with Crippen LogP contribution in [0.1, 0.15) is 61.3 Å². The van der Waals surface area contributed by atoms with E-state index in [-0.39, 0.29) is 12.3 Å². The summed E-state index contributed by atoms with van der Waals surface area (Å²) in [6.45, 7) is 0. The molecule has 2 aromatic heterocycles. The first kappa shape index (κ1) is 14.9. The fraction of sp³-hybridized carbons (Fsp3) is 0.588. The van der Waals surface area contributed by atoms with Gasteiger partial charge < -0.3 is 10.4 Å². The molecule has 2 aliphatic carbocycles. The van der Waals surface area contributed by atoms with Crippen molar-refractivity contribution in [2.24, 2.45) is 0 Å². The number of thiophene rings is 1. The summed E-state index contributed by atoms with van der Waals surface area (Å²) in [5.41, 5.74) is 1.20. The Balaban J connectivity index is 1.72. The molecule has 0 bridgehead atoms. The van der Waals surface area contributed by atoms with Gasteiger partial charge in [-0.1, -0.05) is 19.3 Å². The molecule has 2 aromatic rings. The van der Waals surface area contributed by atoms with Crippen LogP contribution in [0.15, 0.2) is 6.33 Å². The fourth-order valence-electron chi connectivity index (χ4n) is 4.03. The molecule has 6 heteroatoms. The minimum Gasteiger partial charge on any atom is -0.481 e. The maximum Gasteiger partial charge on any atom is 0.303 e. The number of carboxylic acid groups (broad SMARTS) is 1. The van der Waals surface area contributed by atoms with Crippen LogP contribution in [0.3, 0.4) is 0 Å². The lowest BCUT2D eigenvalue weighted by molar-refractivity contribution is -0.137. The summed E-state index contributed by atoms with van der Waals surface area (Å²) < 4.78 is 0. The Morgan fingerprint density at radius 2 is 2.09 bits per heavy atom. The predicted octanol–water partition coefficient (Wildman–Crippen LogP) is 3.94. The van der Waals surface area contributed by atoms with Gasteiger partial charge in [-0.05, 0) is 37.2 Å². The second kappa shape index (κ2) is 6.07. The number of carboxylic acids is 1. The SMILES string of the molecule is O=C(O)CC1CCc2sc3ncnc(NC4CCCCC4)c3c21. The van der Waals surface area contributed by atoms with E-state index >= 15 is 0 Å². The van der Waals surface area contributed by atoms with Crippen LogP contribution in [-0.2, 0) is 11.2 Å². The van der Waals surface area contributed by atoms with Crippen molar-refractivity contribution in [1.82, 2.24) is 9.97 Å². The van der Waals surface area contributed by atoms with E-state index in [4.69, 9.17) is 0 Å². The highest BCUT2D eigenvalue weighted by Crippen LogP contribution is 2.46. The molecule has 2 aliphatic rings. The molecule has 23 heavy (non-hydrogen) atoms. The summed E-state index contributed by atoms with van der Waals surface area (Å²) in [7, 11) is 0. The number of nitrogens with one attached hydrogen (secondary N) is 1. The molecule has 0 spiro atoms. The topological polar surface area (TPSA) is 75.1 Å². The maximum absolute atomic E-state index is 11.2. The highest BCUT2D eigenvalue weighted by atomic mass is 32.1. The average molecular weight is 331 g/mol. The lowest BCUT2D eigenvalue weighted by Gasteiger charge is -2.24. The van der Waals surface area contributed by atoms with Gasteiger partial charge in [0.25, 0.3) is 0 Å². The van der Waals surface area contributed by atoms with Crippen molar-refractivity contribution in [3.05, 3.63) is 16.8 Å². The van der Waals surface area contributed by atoms with Crippen LogP contribution in [0, 0.1) is 0 Å². The third kappa shape index (κ3) is 2.80. The minimum atomic E-state index is -0.721. The number of hydrogen-bond donors (Lipinski definition) is 2. The molecule has 1 saturated carbocycles. The quantitative estimate of drug-likeness (QED) is 0.887. The summed E-state index contributed by atoms with van der Waals surface area (Å²) in [5.74, 6) is 0.298. The van der Waals surface area contributed by atoms with E-state index < -0.39 is 5.97 Å². The minimum absolute atomic E-state index is 0.106. The van der Waals surface area contributed by atoms with Crippen LogP contribution >= 0.6 is 11.3 Å². The molecule has 2 N–H and O–H groups in total. The second-order valence-corrected chi connectivity index (χ2v) is 7.74. The van der Waals surface area contributed by atoms with Crippen molar-refractivity contribution < 1.29 is 9.90 Å². The van der Waals surface area contributed by atoms with Gasteiger partial charge in [0.1, 0.15) is 17.0 Å². The normalized spacial score (nSPS) is 21.5. The molecular formula is C17H21N3O2S. The Labute approximate surface area is 139 Å². The van der Waals surface area contributed by atoms with Gasteiger partial charge in [0, 0.05) is 10.9 Å². The Morgan fingerprint density at radius 3 is 2.87 bits per heavy atom. The molecule has 1 atom stereocenters. The molecule has 0 saturated heterocycles. The van der Waals surface area contributed by atoms with E-state index in [1.54, 1.807) is 17.7 Å². The molecule has 0 radical (unpaired) electrons. The Hall–Kier alpha value is -1.69. The van der Waals surface area contributed by atoms with Crippen LogP contribution in [0.25, 0.3) is 10.2 Å². The molecule has 0 aromatic carbocycles. The first-order valence-corrected chi connectivity index (χ1v) is 9.28. The van der Waals surface area contributed by atoms with Gasteiger partial charge in [-0.2, -0.15) is 0 Å². The van der Waals surface area contributed by atoms with E-state index in [0.717, 1.165) is 28.9 Å². The molecular weight excluding hydrogens is 310 g/mol. The summed E-state index contributed by atoms with van der Waals surface area (Å²) >= 11 is 1.71. The largest absolute Gasteiger partial charge is 0.481 e. The number of rotatable bonds is 4. The number of hydrogen-bond acceptors (Lipinski definition) is 5. The van der Waals surface area contributed by atoms with E-state index in [0.29, 0.717) is 6.04 Å². The van der Waals surface area contributed by atoms with Gasteiger partial charge in [-0.15, -0.1) is 11.3 Å². The van der Waals surface area contributed by atoms with E-state index in [9.17, 15) is 9.90 Å². The van der Waals surface area contributed by atoms with Crippen molar-refractivity contribution in [3.63, 3.8) is 0 Å². The van der Waals surface area contributed by atoms with Crippen molar-refractivity contribution >= 4 is 33.3 Å². The summed E-state index contributed by atoms with van der Waals surface area (Å²) in [5, 5.41) is 13.9. The predicted molar refractivity (Wildman–Crippen MR) is 91.2 cm³/mol.